The molecule has 202 valence electrons. The van der Waals surface area contributed by atoms with E-state index in [1.807, 2.05) is 0 Å². The zero-order valence-corrected chi connectivity index (χ0v) is 21.3. The molecule has 0 aromatic carbocycles. The second-order valence-electron chi connectivity index (χ2n) is 9.19. The van der Waals surface area contributed by atoms with Crippen LogP contribution in [0.1, 0.15) is 59.8 Å². The Morgan fingerprint density at radius 1 is 0.800 bits per heavy atom. The molecule has 0 aliphatic rings. The molecule has 0 saturated carbocycles. The number of nitrogens with zero attached hydrogens (tertiary/aromatic N) is 1. The average Bonchev–Trinajstić information content (AvgIpc) is 2.77. The van der Waals surface area contributed by atoms with Crippen molar-refractivity contribution in [3.63, 3.8) is 0 Å². The van der Waals surface area contributed by atoms with Gasteiger partial charge in [0.25, 0.3) is 0 Å². The van der Waals surface area contributed by atoms with Crippen LogP contribution in [-0.4, -0.2) is 72.0 Å². The van der Waals surface area contributed by atoms with Crippen molar-refractivity contribution in [3.05, 3.63) is 0 Å². The molecule has 0 rings (SSSR count). The van der Waals surface area contributed by atoms with Crippen molar-refractivity contribution in [2.24, 2.45) is 39.8 Å². The molecule has 13 heteroatoms. The number of amides is 3. The van der Waals surface area contributed by atoms with Crippen LogP contribution in [-0.2, 0) is 19.2 Å². The fourth-order valence-corrected chi connectivity index (χ4v) is 3.14. The number of rotatable bonds is 17. The lowest BCUT2D eigenvalue weighted by Crippen LogP contribution is -2.58. The van der Waals surface area contributed by atoms with Crippen molar-refractivity contribution in [2.75, 3.05) is 13.1 Å². The molecule has 4 atom stereocenters. The van der Waals surface area contributed by atoms with Gasteiger partial charge in [-0.05, 0) is 50.5 Å². The number of carbonyl (C=O) groups is 4. The fraction of sp³-hybridized carbons (Fsp3) is 0.773. The Balaban J connectivity index is 5.47. The maximum absolute atomic E-state index is 13.1. The van der Waals surface area contributed by atoms with E-state index in [2.05, 4.69) is 20.9 Å². The Hall–Kier alpha value is -2.93. The van der Waals surface area contributed by atoms with E-state index in [1.54, 1.807) is 27.7 Å². The molecule has 4 unspecified atom stereocenters. The third-order valence-corrected chi connectivity index (χ3v) is 5.41. The van der Waals surface area contributed by atoms with Crippen LogP contribution >= 0.6 is 0 Å². The molecule has 0 bridgehead atoms. The Labute approximate surface area is 207 Å². The molecule has 13 nitrogen and oxygen atoms in total. The number of hydrogen-bond donors (Lipinski definition) is 8. The third kappa shape index (κ3) is 12.9. The molecule has 0 fully saturated rings. The number of aliphatic imine (C=N–C) groups is 1. The Kier molecular flexibility index (Phi) is 15.3. The summed E-state index contributed by atoms with van der Waals surface area (Å²) in [6, 6.07) is -3.94. The molecule has 0 aliphatic carbocycles. The number of carbonyl (C=O) groups excluding carboxylic acids is 3. The highest BCUT2D eigenvalue weighted by atomic mass is 16.4. The predicted molar refractivity (Wildman–Crippen MR) is 134 cm³/mol. The molecule has 35 heavy (non-hydrogen) atoms. The van der Waals surface area contributed by atoms with E-state index in [1.165, 1.54) is 0 Å². The number of nitrogens with one attached hydrogen (secondary N) is 3. The zero-order chi connectivity index (χ0) is 27.1. The summed E-state index contributed by atoms with van der Waals surface area (Å²) < 4.78 is 0. The van der Waals surface area contributed by atoms with E-state index in [0.717, 1.165) is 0 Å². The topological polar surface area (TPSA) is 241 Å². The summed E-state index contributed by atoms with van der Waals surface area (Å²) in [6.07, 6.45) is 1.96. The van der Waals surface area contributed by atoms with Crippen LogP contribution in [0.4, 0.5) is 0 Å². The van der Waals surface area contributed by atoms with Crippen LogP contribution in [0.5, 0.6) is 0 Å². The minimum Gasteiger partial charge on any atom is -0.480 e. The van der Waals surface area contributed by atoms with Gasteiger partial charge < -0.3 is 44.0 Å². The summed E-state index contributed by atoms with van der Waals surface area (Å²) in [7, 11) is 0. The lowest BCUT2D eigenvalue weighted by Gasteiger charge is -2.27. The maximum Gasteiger partial charge on any atom is 0.326 e. The molecule has 0 radical (unpaired) electrons. The van der Waals surface area contributed by atoms with Crippen molar-refractivity contribution in [2.45, 2.75) is 84.0 Å². The first-order valence-electron chi connectivity index (χ1n) is 12.0. The number of aliphatic carboxylic acids is 1. The average molecular weight is 501 g/mol. The van der Waals surface area contributed by atoms with Crippen molar-refractivity contribution in [3.8, 4) is 0 Å². The predicted octanol–water partition coefficient (Wildman–Crippen LogP) is -1.65. The second kappa shape index (κ2) is 16.7. The molecule has 0 heterocycles. The largest absolute Gasteiger partial charge is 0.480 e. The fourth-order valence-electron chi connectivity index (χ4n) is 3.14. The summed E-state index contributed by atoms with van der Waals surface area (Å²) in [5.41, 5.74) is 22.0. The lowest BCUT2D eigenvalue weighted by molar-refractivity contribution is -0.142. The Bertz CT molecular complexity index is 725. The molecule has 12 N–H and O–H groups in total. The number of guanidine groups is 1. The summed E-state index contributed by atoms with van der Waals surface area (Å²) in [5.74, 6) is -3.49. The maximum atomic E-state index is 13.1. The van der Waals surface area contributed by atoms with Gasteiger partial charge in [0.15, 0.2) is 5.96 Å². The van der Waals surface area contributed by atoms with Crippen molar-refractivity contribution < 1.29 is 24.3 Å². The first-order chi connectivity index (χ1) is 16.3. The quantitative estimate of drug-likeness (QED) is 0.0646. The number of carboxylic acids is 1. The number of nitrogens with two attached hydrogens (primary N) is 4. The molecule has 0 aromatic heterocycles. The highest BCUT2D eigenvalue weighted by Gasteiger charge is 2.32. The van der Waals surface area contributed by atoms with Gasteiger partial charge in [0.1, 0.15) is 18.1 Å². The molecular weight excluding hydrogens is 456 g/mol. The van der Waals surface area contributed by atoms with Gasteiger partial charge in [-0.15, -0.1) is 0 Å². The summed E-state index contributed by atoms with van der Waals surface area (Å²) in [4.78, 5) is 53.9. The van der Waals surface area contributed by atoms with Crippen molar-refractivity contribution >= 4 is 29.7 Å². The lowest BCUT2D eigenvalue weighted by atomic mass is 10.00. The highest BCUT2D eigenvalue weighted by Crippen LogP contribution is 2.08. The van der Waals surface area contributed by atoms with Gasteiger partial charge in [-0.3, -0.25) is 19.4 Å². The van der Waals surface area contributed by atoms with Crippen LogP contribution in [0.15, 0.2) is 4.99 Å². The van der Waals surface area contributed by atoms with E-state index in [-0.39, 0.29) is 37.2 Å². The monoisotopic (exact) mass is 500 g/mol. The highest BCUT2D eigenvalue weighted by molar-refractivity contribution is 5.94. The van der Waals surface area contributed by atoms with Gasteiger partial charge >= 0.3 is 5.97 Å². The standard InChI is InChI=1S/C22H44N8O5/c1-12(2)16(24)19(32)28-14(9-7-11-27-22(25)26)18(31)30-17(13(3)4)20(33)29-15(21(34)35)8-5-6-10-23/h12-17H,5-11,23-24H2,1-4H3,(H,28,32)(H,29,33)(H,30,31)(H,34,35)(H4,25,26,27). The van der Waals surface area contributed by atoms with Crippen LogP contribution in [0.2, 0.25) is 0 Å². The van der Waals surface area contributed by atoms with Crippen LogP contribution in [0.3, 0.4) is 0 Å². The molecule has 0 aromatic rings. The second-order valence-corrected chi connectivity index (χ2v) is 9.19. The molecule has 0 aliphatic heterocycles. The van der Waals surface area contributed by atoms with E-state index in [4.69, 9.17) is 22.9 Å². The van der Waals surface area contributed by atoms with E-state index in [0.29, 0.717) is 25.8 Å². The minimum absolute atomic E-state index is 0.0899. The zero-order valence-electron chi connectivity index (χ0n) is 21.3. The van der Waals surface area contributed by atoms with E-state index >= 15 is 0 Å². The smallest absolute Gasteiger partial charge is 0.326 e. The Morgan fingerprint density at radius 3 is 1.86 bits per heavy atom. The summed E-state index contributed by atoms with van der Waals surface area (Å²) in [5, 5.41) is 17.2. The first kappa shape index (κ1) is 32.1. The van der Waals surface area contributed by atoms with E-state index < -0.39 is 47.9 Å². The number of hydrogen-bond acceptors (Lipinski definition) is 7. The van der Waals surface area contributed by atoms with Gasteiger partial charge in [-0.25, -0.2) is 4.79 Å². The summed E-state index contributed by atoms with van der Waals surface area (Å²) in [6.45, 7) is 7.66. The van der Waals surface area contributed by atoms with Crippen molar-refractivity contribution in [1.29, 1.82) is 0 Å². The van der Waals surface area contributed by atoms with Crippen molar-refractivity contribution in [1.82, 2.24) is 16.0 Å². The SMILES string of the molecule is CC(C)C(N)C(=O)NC(CCCN=C(N)N)C(=O)NC(C(=O)NC(CCCCN)C(=O)O)C(C)C. The molecule has 3 amide bonds. The first-order valence-corrected chi connectivity index (χ1v) is 12.0. The van der Waals surface area contributed by atoms with Gasteiger partial charge in [0.2, 0.25) is 17.7 Å². The van der Waals surface area contributed by atoms with E-state index in [9.17, 15) is 24.3 Å². The van der Waals surface area contributed by atoms with Crippen LogP contribution in [0.25, 0.3) is 0 Å². The van der Waals surface area contributed by atoms with Gasteiger partial charge in [0, 0.05) is 6.54 Å². The normalized spacial score (nSPS) is 14.5. The Morgan fingerprint density at radius 2 is 1.37 bits per heavy atom. The molecular formula is C22H44N8O5. The van der Waals surface area contributed by atoms with Crippen LogP contribution < -0.4 is 38.9 Å². The van der Waals surface area contributed by atoms with Gasteiger partial charge in [-0.2, -0.15) is 0 Å². The molecule has 0 spiro atoms. The number of carboxylic acid groups (broad SMARTS) is 1. The molecule has 0 saturated heterocycles. The number of unbranched alkanes of at least 4 members (excludes halogenated alkanes) is 1. The van der Waals surface area contributed by atoms with Crippen LogP contribution in [0, 0.1) is 11.8 Å². The van der Waals surface area contributed by atoms with Gasteiger partial charge in [0.05, 0.1) is 6.04 Å². The third-order valence-electron chi connectivity index (χ3n) is 5.41. The summed E-state index contributed by atoms with van der Waals surface area (Å²) >= 11 is 0. The minimum atomic E-state index is -1.17. The van der Waals surface area contributed by atoms with Gasteiger partial charge in [-0.1, -0.05) is 27.7 Å².